The van der Waals surface area contributed by atoms with Gasteiger partial charge in [0.05, 0.1) is 20.6 Å². The van der Waals surface area contributed by atoms with E-state index < -0.39 is 23.9 Å². The van der Waals surface area contributed by atoms with Crippen LogP contribution >= 0.6 is 0 Å². The Bertz CT molecular complexity index is 821. The van der Waals surface area contributed by atoms with Gasteiger partial charge in [-0.2, -0.15) is 0 Å². The van der Waals surface area contributed by atoms with Crippen LogP contribution in [0.25, 0.3) is 0 Å². The Morgan fingerprint density at radius 3 is 2.31 bits per heavy atom. The van der Waals surface area contributed by atoms with Crippen molar-refractivity contribution in [2.24, 2.45) is 0 Å². The lowest BCUT2D eigenvalue weighted by molar-refractivity contribution is -0.145. The zero-order valence-electron chi connectivity index (χ0n) is 16.6. The molecule has 7 heteroatoms. The van der Waals surface area contributed by atoms with Crippen molar-refractivity contribution >= 4 is 17.8 Å². The van der Waals surface area contributed by atoms with Gasteiger partial charge in [-0.1, -0.05) is 42.5 Å². The van der Waals surface area contributed by atoms with E-state index >= 15 is 0 Å². The second-order valence-corrected chi connectivity index (χ2v) is 6.35. The zero-order chi connectivity index (χ0) is 21.1. The number of rotatable bonds is 10. The third-order valence-corrected chi connectivity index (χ3v) is 4.19. The number of carbonyl (C=O) groups is 3. The zero-order valence-corrected chi connectivity index (χ0v) is 16.6. The molecule has 0 saturated heterocycles. The number of methoxy groups -OCH3 is 2. The number of hydrogen-bond acceptors (Lipinski definition) is 6. The minimum Gasteiger partial charge on any atom is -0.489 e. The molecule has 2 aromatic rings. The molecule has 0 heterocycles. The van der Waals surface area contributed by atoms with Gasteiger partial charge in [-0.3, -0.25) is 9.59 Å². The lowest BCUT2D eigenvalue weighted by atomic mass is 10.1. The van der Waals surface area contributed by atoms with Gasteiger partial charge in [0.1, 0.15) is 18.4 Å². The largest absolute Gasteiger partial charge is 0.489 e. The van der Waals surface area contributed by atoms with Crippen LogP contribution in [0.1, 0.15) is 24.0 Å². The molecule has 0 saturated carbocycles. The molecule has 0 bridgehead atoms. The molecule has 0 aliphatic carbocycles. The fourth-order valence-corrected chi connectivity index (χ4v) is 2.66. The van der Waals surface area contributed by atoms with Crippen molar-refractivity contribution in [3.8, 4) is 5.75 Å². The fraction of sp³-hybridized carbons (Fsp3) is 0.318. The molecular formula is C22H25NO6. The molecule has 7 nitrogen and oxygen atoms in total. The molecule has 0 aliphatic rings. The maximum absolute atomic E-state index is 12.1. The first kappa shape index (κ1) is 21.9. The first-order chi connectivity index (χ1) is 14.0. The van der Waals surface area contributed by atoms with Crippen LogP contribution in [0.15, 0.2) is 54.6 Å². The quantitative estimate of drug-likeness (QED) is 0.617. The standard InChI is InChI=1S/C22H25NO6/c1-27-21(25)12-11-20(24)23-19(22(26)28-2)14-17-9-6-10-18(13-17)29-15-16-7-4-3-5-8-16/h3-10,13,19H,11-12,14-15H2,1-2H3,(H,23,24)/t19-/m1/s1. The third kappa shape index (κ3) is 7.65. The van der Waals surface area contributed by atoms with E-state index in [1.54, 1.807) is 0 Å². The van der Waals surface area contributed by atoms with E-state index in [0.29, 0.717) is 12.4 Å². The predicted molar refractivity (Wildman–Crippen MR) is 106 cm³/mol. The van der Waals surface area contributed by atoms with Crippen LogP contribution in [0.5, 0.6) is 5.75 Å². The monoisotopic (exact) mass is 399 g/mol. The summed E-state index contributed by atoms with van der Waals surface area (Å²) in [5.74, 6) is -0.820. The molecule has 154 valence electrons. The summed E-state index contributed by atoms with van der Waals surface area (Å²) < 4.78 is 15.1. The Labute approximate surface area is 170 Å². The molecule has 0 spiro atoms. The van der Waals surface area contributed by atoms with E-state index in [1.165, 1.54) is 14.2 Å². The molecule has 0 unspecified atom stereocenters. The van der Waals surface area contributed by atoms with Crippen LogP contribution in [0.4, 0.5) is 0 Å². The van der Waals surface area contributed by atoms with Crippen LogP contribution in [-0.4, -0.2) is 38.1 Å². The number of hydrogen-bond donors (Lipinski definition) is 1. The van der Waals surface area contributed by atoms with Gasteiger partial charge in [-0.15, -0.1) is 0 Å². The highest BCUT2D eigenvalue weighted by molar-refractivity contribution is 5.86. The molecule has 1 N–H and O–H groups in total. The van der Waals surface area contributed by atoms with E-state index in [-0.39, 0.29) is 19.3 Å². The van der Waals surface area contributed by atoms with Crippen molar-refractivity contribution in [3.63, 3.8) is 0 Å². The summed E-state index contributed by atoms with van der Waals surface area (Å²) in [5.41, 5.74) is 1.85. The average Bonchev–Trinajstić information content (AvgIpc) is 2.76. The van der Waals surface area contributed by atoms with E-state index in [2.05, 4.69) is 10.1 Å². The first-order valence-corrected chi connectivity index (χ1v) is 9.21. The number of carbonyl (C=O) groups excluding carboxylic acids is 3. The second-order valence-electron chi connectivity index (χ2n) is 6.35. The van der Waals surface area contributed by atoms with Gasteiger partial charge in [-0.05, 0) is 23.3 Å². The molecule has 2 rings (SSSR count). The maximum Gasteiger partial charge on any atom is 0.328 e. The summed E-state index contributed by atoms with van der Waals surface area (Å²) in [4.78, 5) is 35.3. The summed E-state index contributed by atoms with van der Waals surface area (Å²) in [7, 11) is 2.51. The Morgan fingerprint density at radius 1 is 0.897 bits per heavy atom. The molecule has 0 fully saturated rings. The van der Waals surface area contributed by atoms with Crippen LogP contribution in [0.2, 0.25) is 0 Å². The van der Waals surface area contributed by atoms with Gasteiger partial charge in [0.2, 0.25) is 5.91 Å². The van der Waals surface area contributed by atoms with E-state index in [0.717, 1.165) is 11.1 Å². The third-order valence-electron chi connectivity index (χ3n) is 4.19. The van der Waals surface area contributed by atoms with Crippen molar-refractivity contribution in [3.05, 3.63) is 65.7 Å². The lowest BCUT2D eigenvalue weighted by Crippen LogP contribution is -2.43. The van der Waals surface area contributed by atoms with Crippen LogP contribution in [-0.2, 0) is 36.9 Å². The fourth-order valence-electron chi connectivity index (χ4n) is 2.66. The summed E-state index contributed by atoms with van der Waals surface area (Å²) in [6.45, 7) is 0.426. The molecule has 29 heavy (non-hydrogen) atoms. The predicted octanol–water partition coefficient (Wildman–Crippen LogP) is 2.42. The maximum atomic E-state index is 12.1. The molecule has 1 atom stereocenters. The van der Waals surface area contributed by atoms with E-state index in [4.69, 9.17) is 9.47 Å². The number of esters is 2. The van der Waals surface area contributed by atoms with Gasteiger partial charge in [0.25, 0.3) is 0 Å². The van der Waals surface area contributed by atoms with E-state index in [1.807, 2.05) is 54.6 Å². The first-order valence-electron chi connectivity index (χ1n) is 9.21. The van der Waals surface area contributed by atoms with Crippen LogP contribution in [0.3, 0.4) is 0 Å². The molecule has 0 radical (unpaired) electrons. The number of benzene rings is 2. The molecule has 0 aromatic heterocycles. The lowest BCUT2D eigenvalue weighted by Gasteiger charge is -2.17. The Balaban J connectivity index is 1.98. The number of nitrogens with one attached hydrogen (secondary N) is 1. The highest BCUT2D eigenvalue weighted by Crippen LogP contribution is 2.17. The Kier molecular flexibility index (Phi) is 8.69. The van der Waals surface area contributed by atoms with Crippen molar-refractivity contribution in [2.75, 3.05) is 14.2 Å². The summed E-state index contributed by atoms with van der Waals surface area (Å²) in [6, 6.07) is 16.2. The average molecular weight is 399 g/mol. The highest BCUT2D eigenvalue weighted by Gasteiger charge is 2.22. The smallest absolute Gasteiger partial charge is 0.328 e. The minimum absolute atomic E-state index is 0.0565. The van der Waals surface area contributed by atoms with Gasteiger partial charge in [-0.25, -0.2) is 4.79 Å². The second kappa shape index (κ2) is 11.5. The van der Waals surface area contributed by atoms with E-state index in [9.17, 15) is 14.4 Å². The topological polar surface area (TPSA) is 90.9 Å². The summed E-state index contributed by atoms with van der Waals surface area (Å²) >= 11 is 0. The summed E-state index contributed by atoms with van der Waals surface area (Å²) in [5, 5.41) is 2.61. The van der Waals surface area contributed by atoms with Gasteiger partial charge < -0.3 is 19.5 Å². The molecule has 2 aromatic carbocycles. The van der Waals surface area contributed by atoms with Gasteiger partial charge in [0.15, 0.2) is 0 Å². The van der Waals surface area contributed by atoms with Crippen LogP contribution < -0.4 is 10.1 Å². The van der Waals surface area contributed by atoms with Gasteiger partial charge >= 0.3 is 11.9 Å². The summed E-state index contributed by atoms with van der Waals surface area (Å²) in [6.07, 6.45) is 0.110. The minimum atomic E-state index is -0.866. The highest BCUT2D eigenvalue weighted by atomic mass is 16.5. The normalized spacial score (nSPS) is 11.2. The Hall–Kier alpha value is -3.35. The number of amides is 1. The molecular weight excluding hydrogens is 374 g/mol. The van der Waals surface area contributed by atoms with Crippen molar-refractivity contribution in [1.29, 1.82) is 0 Å². The SMILES string of the molecule is COC(=O)CCC(=O)N[C@H](Cc1cccc(OCc2ccccc2)c1)C(=O)OC. The number of ether oxygens (including phenoxy) is 3. The van der Waals surface area contributed by atoms with Crippen molar-refractivity contribution in [1.82, 2.24) is 5.32 Å². The van der Waals surface area contributed by atoms with Crippen molar-refractivity contribution in [2.45, 2.75) is 31.9 Å². The van der Waals surface area contributed by atoms with Gasteiger partial charge in [0, 0.05) is 12.8 Å². The molecule has 1 amide bonds. The van der Waals surface area contributed by atoms with Crippen molar-refractivity contribution < 1.29 is 28.6 Å². The molecule has 0 aliphatic heterocycles. The van der Waals surface area contributed by atoms with Crippen LogP contribution in [0, 0.1) is 0 Å². The Morgan fingerprint density at radius 2 is 1.62 bits per heavy atom.